The van der Waals surface area contributed by atoms with Gasteiger partial charge in [0.15, 0.2) is 0 Å². The molecule has 1 aromatic rings. The highest BCUT2D eigenvalue weighted by molar-refractivity contribution is 14.1. The predicted octanol–water partition coefficient (Wildman–Crippen LogP) is 2.29. The van der Waals surface area contributed by atoms with Gasteiger partial charge in [-0.2, -0.15) is 0 Å². The Labute approximate surface area is 104 Å². The molecule has 0 heterocycles. The van der Waals surface area contributed by atoms with Crippen molar-refractivity contribution in [2.45, 2.75) is 0 Å². The van der Waals surface area contributed by atoms with E-state index in [2.05, 4.69) is 90.1 Å². The zero-order valence-electron chi connectivity index (χ0n) is 4.79. The van der Waals surface area contributed by atoms with Gasteiger partial charge in [0.25, 0.3) is 0 Å². The van der Waals surface area contributed by atoms with E-state index in [0.29, 0.717) is 0 Å². The molecule has 0 aliphatic carbocycles. The molecule has 0 unspecified atom stereocenters. The smallest absolute Gasteiger partial charge is 0.0617 e. The second kappa shape index (κ2) is 4.03. The van der Waals surface area contributed by atoms with Crippen LogP contribution in [-0.2, 0) is 0 Å². The third kappa shape index (κ3) is 2.06. The molecule has 4 heteroatoms. The normalized spacial score (nSPS) is 10.0. The van der Waals surface area contributed by atoms with Gasteiger partial charge in [-0.1, -0.05) is 11.3 Å². The van der Waals surface area contributed by atoms with Gasteiger partial charge >= 0.3 is 0 Å². The van der Waals surface area contributed by atoms with Crippen molar-refractivity contribution in [3.63, 3.8) is 0 Å². The molecule has 0 saturated carbocycles. The van der Waals surface area contributed by atoms with Crippen LogP contribution in [0, 0.1) is 10.7 Å². The maximum absolute atomic E-state index is 3.51. The number of hydrogen-bond donors (Lipinski definition) is 0. The first kappa shape index (κ1) is 9.71. The van der Waals surface area contributed by atoms with E-state index in [4.69, 9.17) is 0 Å². The van der Waals surface area contributed by atoms with Crippen LogP contribution < -0.4 is 5.19 Å². The molecule has 10 heavy (non-hydrogen) atoms. The summed E-state index contributed by atoms with van der Waals surface area (Å²) in [6.45, 7) is 0. The Bertz CT molecular complexity index is 232. The Morgan fingerprint density at radius 2 is 1.60 bits per heavy atom. The molecule has 0 aromatic heterocycles. The zero-order valence-corrected chi connectivity index (χ0v) is 12.3. The average molecular weight is 483 g/mol. The van der Waals surface area contributed by atoms with Crippen molar-refractivity contribution < 1.29 is 0 Å². The molecule has 0 saturated heterocycles. The minimum atomic E-state index is 1.17. The summed E-state index contributed by atoms with van der Waals surface area (Å²) in [5.74, 6) is 0. The van der Waals surface area contributed by atoms with Crippen LogP contribution in [0.3, 0.4) is 0 Å². The van der Waals surface area contributed by atoms with Gasteiger partial charge in [0.05, 0.1) is 10.2 Å². The van der Waals surface area contributed by atoms with Crippen LogP contribution in [0.25, 0.3) is 0 Å². The Morgan fingerprint density at radius 3 is 2.10 bits per heavy atom. The Balaban J connectivity index is 3.34. The molecular formula is C6H2I3Si. The lowest BCUT2D eigenvalue weighted by molar-refractivity contribution is 1.57. The SMILES string of the molecule is [Si]c1ccc(I)c(I)c1I. The molecule has 0 atom stereocenters. The van der Waals surface area contributed by atoms with Crippen molar-refractivity contribution in [2.24, 2.45) is 0 Å². The molecule has 3 radical (unpaired) electrons. The standard InChI is InChI=1S/C6H2I3Si/c7-3-1-2-4(10)6(9)5(3)8/h1-2H. The van der Waals surface area contributed by atoms with Gasteiger partial charge in [0.1, 0.15) is 0 Å². The van der Waals surface area contributed by atoms with E-state index >= 15 is 0 Å². The van der Waals surface area contributed by atoms with E-state index in [1.165, 1.54) is 15.9 Å². The van der Waals surface area contributed by atoms with Gasteiger partial charge < -0.3 is 0 Å². The Morgan fingerprint density at radius 1 is 1.00 bits per heavy atom. The molecule has 0 nitrogen and oxygen atoms in total. The van der Waals surface area contributed by atoms with Crippen LogP contribution >= 0.6 is 67.8 Å². The molecule has 51 valence electrons. The molecule has 0 aliphatic rings. The summed E-state index contributed by atoms with van der Waals surface area (Å²) in [4.78, 5) is 0. The number of benzene rings is 1. The first-order valence-corrected chi connectivity index (χ1v) is 6.21. The first-order chi connectivity index (χ1) is 4.63. The lowest BCUT2D eigenvalue weighted by atomic mass is 10.4. The van der Waals surface area contributed by atoms with Crippen molar-refractivity contribution in [3.8, 4) is 0 Å². The third-order valence-corrected chi connectivity index (χ3v) is 7.16. The van der Waals surface area contributed by atoms with E-state index in [1.54, 1.807) is 0 Å². The molecule has 0 bridgehead atoms. The van der Waals surface area contributed by atoms with Crippen molar-refractivity contribution in [2.75, 3.05) is 0 Å². The summed E-state index contributed by atoms with van der Waals surface area (Å²) in [7, 11) is 3.51. The van der Waals surface area contributed by atoms with Crippen LogP contribution in [0.15, 0.2) is 12.1 Å². The summed E-state index contributed by atoms with van der Waals surface area (Å²) < 4.78 is 3.93. The highest BCUT2D eigenvalue weighted by Crippen LogP contribution is 2.18. The van der Waals surface area contributed by atoms with Gasteiger partial charge in [-0.25, -0.2) is 0 Å². The van der Waals surface area contributed by atoms with Crippen LogP contribution in [0.4, 0.5) is 0 Å². The van der Waals surface area contributed by atoms with Crippen molar-refractivity contribution in [1.82, 2.24) is 0 Å². The van der Waals surface area contributed by atoms with Gasteiger partial charge in [-0.05, 0) is 73.8 Å². The molecule has 0 aliphatic heterocycles. The van der Waals surface area contributed by atoms with Gasteiger partial charge in [-0.3, -0.25) is 0 Å². The number of rotatable bonds is 0. The van der Waals surface area contributed by atoms with Gasteiger partial charge in [-0.15, -0.1) is 0 Å². The van der Waals surface area contributed by atoms with Gasteiger partial charge in [0, 0.05) is 10.7 Å². The van der Waals surface area contributed by atoms with Crippen LogP contribution in [0.5, 0.6) is 0 Å². The monoisotopic (exact) mass is 483 g/mol. The predicted molar refractivity (Wildman–Crippen MR) is 70.0 cm³/mol. The Hall–Kier alpha value is 1.63. The molecule has 0 spiro atoms. The van der Waals surface area contributed by atoms with E-state index in [-0.39, 0.29) is 0 Å². The maximum atomic E-state index is 3.51. The molecule has 0 amide bonds. The van der Waals surface area contributed by atoms with E-state index in [0.717, 1.165) is 0 Å². The largest absolute Gasteiger partial charge is 0.0727 e. The van der Waals surface area contributed by atoms with Crippen LogP contribution in [0.2, 0.25) is 0 Å². The van der Waals surface area contributed by atoms with E-state index in [9.17, 15) is 0 Å². The van der Waals surface area contributed by atoms with Crippen molar-refractivity contribution in [1.29, 1.82) is 0 Å². The summed E-state index contributed by atoms with van der Waals surface area (Å²) in [5.41, 5.74) is 0. The van der Waals surface area contributed by atoms with E-state index < -0.39 is 0 Å². The summed E-state index contributed by atoms with van der Waals surface area (Å²) >= 11 is 7.01. The third-order valence-electron chi connectivity index (χ3n) is 1.04. The fraction of sp³-hybridized carbons (Fsp3) is 0. The second-order valence-electron chi connectivity index (χ2n) is 1.72. The lowest BCUT2D eigenvalue weighted by Crippen LogP contribution is -2.09. The van der Waals surface area contributed by atoms with Crippen LogP contribution in [-0.4, -0.2) is 10.2 Å². The summed E-state index contributed by atoms with van der Waals surface area (Å²) in [6.07, 6.45) is 0. The summed E-state index contributed by atoms with van der Waals surface area (Å²) in [6, 6.07) is 4.18. The topological polar surface area (TPSA) is 0 Å². The Kier molecular flexibility index (Phi) is 3.92. The zero-order chi connectivity index (χ0) is 7.72. The van der Waals surface area contributed by atoms with Crippen LogP contribution in [0.1, 0.15) is 0 Å². The fourth-order valence-corrected chi connectivity index (χ4v) is 2.89. The molecular weight excluding hydrogens is 481 g/mol. The van der Waals surface area contributed by atoms with Gasteiger partial charge in [0.2, 0.25) is 0 Å². The minimum Gasteiger partial charge on any atom is -0.0617 e. The average Bonchev–Trinajstić information content (AvgIpc) is 1.93. The van der Waals surface area contributed by atoms with Crippen molar-refractivity contribution >= 4 is 83.2 Å². The second-order valence-corrected chi connectivity index (χ2v) is 5.58. The number of hydrogen-bond acceptors (Lipinski definition) is 0. The highest BCUT2D eigenvalue weighted by Gasteiger charge is 2.02. The molecule has 0 N–H and O–H groups in total. The molecule has 1 aromatic carbocycles. The lowest BCUT2D eigenvalue weighted by Gasteiger charge is -2.01. The fourth-order valence-electron chi connectivity index (χ4n) is 0.526. The quantitative estimate of drug-likeness (QED) is 0.302. The minimum absolute atomic E-state index is 1.17. The maximum Gasteiger partial charge on any atom is 0.0727 e. The van der Waals surface area contributed by atoms with E-state index in [1.807, 2.05) is 0 Å². The number of halogens is 3. The first-order valence-electron chi connectivity index (χ1n) is 2.48. The van der Waals surface area contributed by atoms with Crippen molar-refractivity contribution in [3.05, 3.63) is 22.8 Å². The summed E-state index contributed by atoms with van der Waals surface area (Å²) in [5, 5.41) is 1.17. The molecule has 1 rings (SSSR count). The highest BCUT2D eigenvalue weighted by atomic mass is 127. The molecule has 0 fully saturated rings.